The number of Topliss-reactive ketones (excluding diaryl/α,β-unsaturated/α-hetero) is 2. The largest absolute Gasteiger partial charge is 0.458 e. The van der Waals surface area contributed by atoms with Gasteiger partial charge < -0.3 is 34.3 Å². The van der Waals surface area contributed by atoms with Crippen LogP contribution in [0.1, 0.15) is 108 Å². The van der Waals surface area contributed by atoms with Gasteiger partial charge in [0.05, 0.1) is 17.8 Å². The maximum Gasteiger partial charge on any atom is 0.303 e. The predicted molar refractivity (Wildman–Crippen MR) is 187 cm³/mol. The molecule has 1 aliphatic heterocycles. The molecule has 13 atom stereocenters. The number of aliphatic hydroxyl groups excluding tert-OH is 1. The lowest BCUT2D eigenvalue weighted by molar-refractivity contribution is -0.292. The molecule has 13 unspecified atom stereocenters. The zero-order valence-corrected chi connectivity index (χ0v) is 32.5. The minimum Gasteiger partial charge on any atom is -0.458 e. The van der Waals surface area contributed by atoms with Crippen LogP contribution in [0.25, 0.3) is 0 Å². The summed E-state index contributed by atoms with van der Waals surface area (Å²) in [5.74, 6) is -4.01. The molecule has 5 aliphatic rings. The van der Waals surface area contributed by atoms with Crippen LogP contribution >= 0.6 is 0 Å². The van der Waals surface area contributed by atoms with Gasteiger partial charge in [-0.05, 0) is 89.5 Å². The first kappa shape index (κ1) is 40.4. The Labute approximate surface area is 306 Å². The van der Waals surface area contributed by atoms with Gasteiger partial charge in [0.2, 0.25) is 0 Å². The number of carbonyl (C=O) groups is 5. The number of ketones is 3. The Morgan fingerprint density at radius 2 is 1.56 bits per heavy atom. The maximum atomic E-state index is 14.9. The van der Waals surface area contributed by atoms with Gasteiger partial charge in [0.15, 0.2) is 24.0 Å². The molecule has 12 nitrogen and oxygen atoms in total. The van der Waals surface area contributed by atoms with Gasteiger partial charge in [0, 0.05) is 43.4 Å². The molecule has 3 saturated carbocycles. The summed E-state index contributed by atoms with van der Waals surface area (Å²) in [7, 11) is 0. The number of aliphatic hydroxyl groups is 3. The lowest BCUT2D eigenvalue weighted by Gasteiger charge is -2.64. The van der Waals surface area contributed by atoms with E-state index in [4.69, 9.17) is 18.9 Å². The number of rotatable bonds is 8. The zero-order chi connectivity index (χ0) is 39.1. The second kappa shape index (κ2) is 13.2. The molecule has 0 radical (unpaired) electrons. The molecule has 4 fully saturated rings. The van der Waals surface area contributed by atoms with Crippen LogP contribution in [0.4, 0.5) is 0 Å². The molecule has 0 spiro atoms. The van der Waals surface area contributed by atoms with E-state index in [1.807, 2.05) is 13.8 Å². The van der Waals surface area contributed by atoms with Crippen molar-refractivity contribution in [2.24, 2.45) is 39.4 Å². The van der Waals surface area contributed by atoms with Crippen LogP contribution in [0.15, 0.2) is 23.8 Å². The van der Waals surface area contributed by atoms with Crippen molar-refractivity contribution in [3.05, 3.63) is 23.8 Å². The van der Waals surface area contributed by atoms with Gasteiger partial charge in [-0.3, -0.25) is 24.0 Å². The van der Waals surface area contributed by atoms with Crippen LogP contribution in [0.5, 0.6) is 0 Å². The minimum atomic E-state index is -2.12. The molecule has 1 heterocycles. The molecule has 0 bridgehead atoms. The van der Waals surface area contributed by atoms with Gasteiger partial charge >= 0.3 is 11.9 Å². The summed E-state index contributed by atoms with van der Waals surface area (Å²) in [5, 5.41) is 33.8. The van der Waals surface area contributed by atoms with Gasteiger partial charge in [-0.15, -0.1) is 0 Å². The number of hydrogen-bond acceptors (Lipinski definition) is 12. The fourth-order valence-electron chi connectivity index (χ4n) is 11.0. The minimum absolute atomic E-state index is 0.0285. The molecule has 52 heavy (non-hydrogen) atoms. The quantitative estimate of drug-likeness (QED) is 0.186. The molecule has 0 aromatic rings. The molecule has 0 amide bonds. The average molecular weight is 731 g/mol. The van der Waals surface area contributed by atoms with Gasteiger partial charge in [-0.25, -0.2) is 0 Å². The summed E-state index contributed by atoms with van der Waals surface area (Å²) in [6, 6.07) is 0. The highest BCUT2D eigenvalue weighted by Gasteiger charge is 2.75. The molecule has 290 valence electrons. The van der Waals surface area contributed by atoms with Crippen molar-refractivity contribution in [1.29, 1.82) is 0 Å². The first-order valence-electron chi connectivity index (χ1n) is 18.5. The number of allylic oxidation sites excluding steroid dienone is 2. The SMILES string of the molecule is CC(=O)OC1CC(C)OC(OC2CC3(C)C4CC=C5C(CC(O)C(=O)C5(C)C)C4(C)C(=O)CC3(C)C2C(C)(O)C(=O)C=CC(C)(C)O)C1OC(C)=O. The summed E-state index contributed by atoms with van der Waals surface area (Å²) in [5.41, 5.74) is -6.36. The molecule has 12 heteroatoms. The Bertz CT molecular complexity index is 1570. The summed E-state index contributed by atoms with van der Waals surface area (Å²) >= 11 is 0. The lowest BCUT2D eigenvalue weighted by atomic mass is 9.38. The van der Waals surface area contributed by atoms with Crippen LogP contribution in [0.2, 0.25) is 0 Å². The first-order valence-corrected chi connectivity index (χ1v) is 18.5. The van der Waals surface area contributed by atoms with E-state index in [0.717, 1.165) is 11.6 Å². The van der Waals surface area contributed by atoms with E-state index in [9.17, 15) is 39.3 Å². The summed E-state index contributed by atoms with van der Waals surface area (Å²) in [6.07, 6.45) is -0.407. The Morgan fingerprint density at radius 1 is 0.942 bits per heavy atom. The number of carbonyl (C=O) groups excluding carboxylic acids is 5. The highest BCUT2D eigenvalue weighted by Crippen LogP contribution is 2.74. The zero-order valence-electron chi connectivity index (χ0n) is 32.5. The smallest absolute Gasteiger partial charge is 0.303 e. The standard InChI is InChI=1S/C40H58O12/c1-20-16-26(50-21(2)41)31(51-22(3)42)34(49-20)52-27-18-37(8)28-13-12-23-24(17-25(43)33(46)36(23,6)7)39(28,10)30(45)19-38(37,9)32(27)40(11,48)29(44)14-15-35(4,5)47/h12,14-15,20,24-28,31-32,34,43,47-48H,13,16-19H2,1-11H3. The third kappa shape index (κ3) is 6.44. The maximum absolute atomic E-state index is 14.9. The molecule has 5 rings (SSSR count). The number of esters is 2. The van der Waals surface area contributed by atoms with Crippen molar-refractivity contribution >= 4 is 29.3 Å². The lowest BCUT2D eigenvalue weighted by Crippen LogP contribution is -2.65. The van der Waals surface area contributed by atoms with E-state index in [1.54, 1.807) is 20.8 Å². The topological polar surface area (TPSA) is 183 Å². The Kier molecular flexibility index (Phi) is 10.3. The van der Waals surface area contributed by atoms with Crippen molar-refractivity contribution in [1.82, 2.24) is 0 Å². The fourth-order valence-corrected chi connectivity index (χ4v) is 11.0. The monoisotopic (exact) mass is 730 g/mol. The third-order valence-electron chi connectivity index (χ3n) is 13.6. The second-order valence-corrected chi connectivity index (χ2v) is 18.1. The third-order valence-corrected chi connectivity index (χ3v) is 13.6. The molecule has 0 aromatic heterocycles. The summed E-state index contributed by atoms with van der Waals surface area (Å²) in [6.45, 7) is 18.2. The van der Waals surface area contributed by atoms with Crippen molar-refractivity contribution < 1.29 is 58.2 Å². The van der Waals surface area contributed by atoms with E-state index in [1.165, 1.54) is 40.7 Å². The van der Waals surface area contributed by atoms with Gasteiger partial charge in [-0.2, -0.15) is 0 Å². The average Bonchev–Trinajstić information content (AvgIpc) is 3.22. The highest BCUT2D eigenvalue weighted by atomic mass is 16.7. The van der Waals surface area contributed by atoms with Crippen LogP contribution in [0.3, 0.4) is 0 Å². The number of hydrogen-bond donors (Lipinski definition) is 3. The number of fused-ring (bicyclic) bond motifs is 5. The van der Waals surface area contributed by atoms with Gasteiger partial charge in [0.25, 0.3) is 0 Å². The second-order valence-electron chi connectivity index (χ2n) is 18.1. The molecule has 3 N–H and O–H groups in total. The predicted octanol–water partition coefficient (Wildman–Crippen LogP) is 3.95. The fraction of sp³-hybridized carbons (Fsp3) is 0.775. The van der Waals surface area contributed by atoms with Gasteiger partial charge in [0.1, 0.15) is 23.6 Å². The molecule has 1 saturated heterocycles. The van der Waals surface area contributed by atoms with Crippen molar-refractivity contribution in [3.8, 4) is 0 Å². The van der Waals surface area contributed by atoms with Crippen molar-refractivity contribution in [3.63, 3.8) is 0 Å². The molecule has 4 aliphatic carbocycles. The normalized spacial score (nSPS) is 42.7. The Morgan fingerprint density at radius 3 is 2.13 bits per heavy atom. The van der Waals surface area contributed by atoms with E-state index >= 15 is 0 Å². The van der Waals surface area contributed by atoms with E-state index in [0.29, 0.717) is 6.42 Å². The molecular formula is C40H58O12. The van der Waals surface area contributed by atoms with Gasteiger partial charge in [-0.1, -0.05) is 38.5 Å². The van der Waals surface area contributed by atoms with Crippen LogP contribution in [-0.4, -0.2) is 92.6 Å². The number of ether oxygens (including phenoxy) is 4. The Balaban J connectivity index is 1.65. The van der Waals surface area contributed by atoms with Crippen molar-refractivity contribution in [2.45, 2.75) is 156 Å². The van der Waals surface area contributed by atoms with E-state index in [2.05, 4.69) is 13.0 Å². The van der Waals surface area contributed by atoms with Crippen LogP contribution < -0.4 is 0 Å². The summed E-state index contributed by atoms with van der Waals surface area (Å²) in [4.78, 5) is 66.5. The van der Waals surface area contributed by atoms with Crippen molar-refractivity contribution in [2.75, 3.05) is 0 Å². The Hall–Kier alpha value is -2.77. The first-order chi connectivity index (χ1) is 23.7. The van der Waals surface area contributed by atoms with E-state index < -0.39 is 99.2 Å². The van der Waals surface area contributed by atoms with Crippen LogP contribution in [0, 0.1) is 39.4 Å². The van der Waals surface area contributed by atoms with Crippen LogP contribution in [-0.2, 0) is 42.9 Å². The highest BCUT2D eigenvalue weighted by molar-refractivity contribution is 5.98. The molecule has 0 aromatic carbocycles. The summed E-state index contributed by atoms with van der Waals surface area (Å²) < 4.78 is 24.3. The molecular weight excluding hydrogens is 672 g/mol. The van der Waals surface area contributed by atoms with E-state index in [-0.39, 0.29) is 43.2 Å².